The molecule has 0 aliphatic rings. The Morgan fingerprint density at radius 2 is 1.91 bits per heavy atom. The molecule has 1 aromatic heterocycles. The van der Waals surface area contributed by atoms with Crippen LogP contribution in [-0.4, -0.2) is 29.0 Å². The maximum Gasteiger partial charge on any atom is 0.312 e. The minimum absolute atomic E-state index is 0.0124. The second-order valence-corrected chi connectivity index (χ2v) is 8.80. The van der Waals surface area contributed by atoms with Crippen LogP contribution in [0.25, 0.3) is 0 Å². The predicted molar refractivity (Wildman–Crippen MR) is 116 cm³/mol. The molecule has 2 aromatic carbocycles. The molecule has 0 spiro atoms. The lowest BCUT2D eigenvalue weighted by Gasteiger charge is -2.14. The highest BCUT2D eigenvalue weighted by molar-refractivity contribution is 7.92. The summed E-state index contributed by atoms with van der Waals surface area (Å²) in [5, 5.41) is 17.8. The van der Waals surface area contributed by atoms with Crippen molar-refractivity contribution in [3.05, 3.63) is 74.8 Å². The number of nitrogens with one attached hydrogen (secondary N) is 2. The molecule has 0 unspecified atom stereocenters. The van der Waals surface area contributed by atoms with Gasteiger partial charge in [-0.1, -0.05) is 23.7 Å². The fourth-order valence-electron chi connectivity index (χ4n) is 3.00. The molecule has 0 aliphatic carbocycles. The van der Waals surface area contributed by atoms with Crippen molar-refractivity contribution in [1.82, 2.24) is 9.78 Å². The summed E-state index contributed by atoms with van der Waals surface area (Å²) in [5.41, 5.74) is 0.110. The van der Waals surface area contributed by atoms with Crippen LogP contribution in [0.4, 0.5) is 21.5 Å². The van der Waals surface area contributed by atoms with Gasteiger partial charge in [-0.05, 0) is 44.2 Å². The minimum Gasteiger partial charge on any atom is -0.323 e. The van der Waals surface area contributed by atoms with E-state index in [4.69, 9.17) is 11.6 Å². The monoisotopic (exact) mass is 481 g/mol. The molecule has 0 saturated carbocycles. The summed E-state index contributed by atoms with van der Waals surface area (Å²) < 4.78 is 42.6. The van der Waals surface area contributed by atoms with Gasteiger partial charge in [0.2, 0.25) is 5.91 Å². The number of hydrogen-bond donors (Lipinski definition) is 2. The molecule has 1 amide bonds. The number of carbonyl (C=O) groups excluding carboxylic acids is 1. The van der Waals surface area contributed by atoms with E-state index in [1.807, 2.05) is 0 Å². The van der Waals surface area contributed by atoms with Gasteiger partial charge in [0.1, 0.15) is 28.6 Å². The third kappa shape index (κ3) is 4.86. The maximum absolute atomic E-state index is 14.0. The van der Waals surface area contributed by atoms with Crippen LogP contribution in [0.1, 0.15) is 11.4 Å². The molecule has 10 nitrogen and oxygen atoms in total. The van der Waals surface area contributed by atoms with Crippen molar-refractivity contribution in [2.75, 3.05) is 10.0 Å². The Bertz CT molecular complexity index is 1330. The number of rotatable bonds is 7. The predicted octanol–water partition coefficient (Wildman–Crippen LogP) is 3.64. The first kappa shape index (κ1) is 23.2. The molecule has 3 rings (SSSR count). The first-order valence-corrected chi connectivity index (χ1v) is 10.9. The molecule has 0 saturated heterocycles. The number of hydrogen-bond acceptors (Lipinski definition) is 6. The standard InChI is InChI=1S/C19H17ClFN5O5S/c1-11-19(26(28)29)12(2)25(23-11)10-18(27)22-16-9-13(20)7-8-15(16)24-32(30,31)17-6-4-3-5-14(17)21/h3-9,24H,10H2,1-2H3,(H,22,27). The second kappa shape index (κ2) is 8.93. The van der Waals surface area contributed by atoms with E-state index in [2.05, 4.69) is 15.1 Å². The smallest absolute Gasteiger partial charge is 0.312 e. The fraction of sp³-hybridized carbons (Fsp3) is 0.158. The summed E-state index contributed by atoms with van der Waals surface area (Å²) in [6.07, 6.45) is 0. The average Bonchev–Trinajstić information content (AvgIpc) is 2.97. The molecule has 1 heterocycles. The summed E-state index contributed by atoms with van der Waals surface area (Å²) in [7, 11) is -4.30. The van der Waals surface area contributed by atoms with E-state index in [9.17, 15) is 27.7 Å². The first-order valence-electron chi connectivity index (χ1n) is 9.04. The zero-order valence-electron chi connectivity index (χ0n) is 16.8. The van der Waals surface area contributed by atoms with E-state index < -0.39 is 31.6 Å². The Labute approximate surface area is 187 Å². The van der Waals surface area contributed by atoms with Crippen molar-refractivity contribution >= 4 is 44.6 Å². The van der Waals surface area contributed by atoms with Crippen LogP contribution in [-0.2, 0) is 21.4 Å². The molecule has 32 heavy (non-hydrogen) atoms. The Balaban J connectivity index is 1.86. The van der Waals surface area contributed by atoms with Crippen molar-refractivity contribution in [1.29, 1.82) is 0 Å². The van der Waals surface area contributed by atoms with Crippen LogP contribution in [0, 0.1) is 29.8 Å². The second-order valence-electron chi connectivity index (χ2n) is 6.71. The quantitative estimate of drug-likeness (QED) is 0.390. The Morgan fingerprint density at radius 1 is 1.22 bits per heavy atom. The molecular weight excluding hydrogens is 465 g/mol. The molecule has 2 N–H and O–H groups in total. The number of nitrogens with zero attached hydrogens (tertiary/aromatic N) is 3. The Morgan fingerprint density at radius 3 is 2.53 bits per heavy atom. The van der Waals surface area contributed by atoms with Crippen LogP contribution >= 0.6 is 11.6 Å². The van der Waals surface area contributed by atoms with Gasteiger partial charge in [0, 0.05) is 5.02 Å². The Hall–Kier alpha value is -3.51. The van der Waals surface area contributed by atoms with Crippen LogP contribution < -0.4 is 10.0 Å². The summed E-state index contributed by atoms with van der Waals surface area (Å²) in [6.45, 7) is 2.54. The number of carbonyl (C=O) groups is 1. The van der Waals surface area contributed by atoms with Gasteiger partial charge in [-0.2, -0.15) is 5.10 Å². The number of aromatic nitrogens is 2. The zero-order valence-corrected chi connectivity index (χ0v) is 18.4. The highest BCUT2D eigenvalue weighted by Crippen LogP contribution is 2.29. The van der Waals surface area contributed by atoms with Crippen molar-refractivity contribution in [3.8, 4) is 0 Å². The van der Waals surface area contributed by atoms with E-state index in [0.717, 1.165) is 16.8 Å². The maximum atomic E-state index is 14.0. The molecule has 0 bridgehead atoms. The topological polar surface area (TPSA) is 136 Å². The summed E-state index contributed by atoms with van der Waals surface area (Å²) >= 11 is 5.98. The van der Waals surface area contributed by atoms with Crippen LogP contribution in [0.15, 0.2) is 47.4 Å². The highest BCUT2D eigenvalue weighted by Gasteiger charge is 2.24. The molecule has 0 radical (unpaired) electrons. The fourth-order valence-corrected chi connectivity index (χ4v) is 4.33. The third-order valence-corrected chi connectivity index (χ3v) is 6.08. The van der Waals surface area contributed by atoms with E-state index in [0.29, 0.717) is 0 Å². The van der Waals surface area contributed by atoms with Gasteiger partial charge in [0.15, 0.2) is 0 Å². The number of nitro groups is 1. The molecule has 168 valence electrons. The van der Waals surface area contributed by atoms with E-state index in [1.165, 1.54) is 44.2 Å². The van der Waals surface area contributed by atoms with Gasteiger partial charge in [-0.15, -0.1) is 0 Å². The van der Waals surface area contributed by atoms with Gasteiger partial charge in [-0.25, -0.2) is 12.8 Å². The lowest BCUT2D eigenvalue weighted by molar-refractivity contribution is -0.386. The number of benzene rings is 2. The number of aryl methyl sites for hydroxylation is 1. The van der Waals surface area contributed by atoms with E-state index in [1.54, 1.807) is 0 Å². The molecule has 3 aromatic rings. The van der Waals surface area contributed by atoms with Gasteiger partial charge in [0.05, 0.1) is 16.3 Å². The lowest BCUT2D eigenvalue weighted by atomic mass is 10.2. The zero-order chi connectivity index (χ0) is 23.6. The van der Waals surface area contributed by atoms with Crippen LogP contribution in [0.3, 0.4) is 0 Å². The summed E-state index contributed by atoms with van der Waals surface area (Å²) in [5.74, 6) is -1.58. The largest absolute Gasteiger partial charge is 0.323 e. The lowest BCUT2D eigenvalue weighted by Crippen LogP contribution is -2.22. The normalized spacial score (nSPS) is 11.2. The molecular formula is C19H17ClFN5O5S. The van der Waals surface area contributed by atoms with E-state index >= 15 is 0 Å². The van der Waals surface area contributed by atoms with Crippen LogP contribution in [0.2, 0.25) is 5.02 Å². The SMILES string of the molecule is Cc1nn(CC(=O)Nc2cc(Cl)ccc2NS(=O)(=O)c2ccccc2F)c(C)c1[N+](=O)[O-]. The third-order valence-electron chi connectivity index (χ3n) is 4.45. The molecule has 13 heteroatoms. The van der Waals surface area contributed by atoms with Crippen molar-refractivity contribution in [2.45, 2.75) is 25.3 Å². The number of anilines is 2. The molecule has 0 fully saturated rings. The number of halogens is 2. The molecule has 0 atom stereocenters. The summed E-state index contributed by atoms with van der Waals surface area (Å²) in [6, 6.07) is 8.84. The van der Waals surface area contributed by atoms with E-state index in [-0.39, 0.29) is 40.0 Å². The summed E-state index contributed by atoms with van der Waals surface area (Å²) in [4.78, 5) is 22.5. The Kier molecular flexibility index (Phi) is 6.46. The van der Waals surface area contributed by atoms with Crippen molar-refractivity contribution in [2.24, 2.45) is 0 Å². The van der Waals surface area contributed by atoms with Gasteiger partial charge in [-0.3, -0.25) is 24.3 Å². The highest BCUT2D eigenvalue weighted by atomic mass is 35.5. The van der Waals surface area contributed by atoms with Crippen LogP contribution in [0.5, 0.6) is 0 Å². The van der Waals surface area contributed by atoms with Gasteiger partial charge < -0.3 is 5.32 Å². The van der Waals surface area contributed by atoms with Crippen molar-refractivity contribution in [3.63, 3.8) is 0 Å². The molecule has 0 aliphatic heterocycles. The number of sulfonamides is 1. The van der Waals surface area contributed by atoms with Crippen molar-refractivity contribution < 1.29 is 22.5 Å². The average molecular weight is 482 g/mol. The first-order chi connectivity index (χ1) is 15.0. The number of amides is 1. The van der Waals surface area contributed by atoms with Gasteiger partial charge >= 0.3 is 5.69 Å². The minimum atomic E-state index is -4.30. The van der Waals surface area contributed by atoms with Gasteiger partial charge in [0.25, 0.3) is 10.0 Å².